The average Bonchev–Trinajstić information content (AvgIpc) is 3.05. The molecule has 0 atom stereocenters. The van der Waals surface area contributed by atoms with E-state index in [0.717, 1.165) is 38.5 Å². The minimum Gasteiger partial charge on any atom is -0.379 e. The lowest BCUT2D eigenvalue weighted by molar-refractivity contribution is 0.0342. The SMILES string of the molecule is O=C(Nc1ccc(CN2CCOCC2)cc1)c1cn[nH]c1. The number of hydrogen-bond acceptors (Lipinski definition) is 4. The molecule has 1 saturated heterocycles. The molecule has 21 heavy (non-hydrogen) atoms. The van der Waals surface area contributed by atoms with Gasteiger partial charge in [0.1, 0.15) is 0 Å². The summed E-state index contributed by atoms with van der Waals surface area (Å²) in [6.07, 6.45) is 3.07. The lowest BCUT2D eigenvalue weighted by Crippen LogP contribution is -2.35. The van der Waals surface area contributed by atoms with Crippen molar-refractivity contribution in [1.82, 2.24) is 15.1 Å². The van der Waals surface area contributed by atoms with Crippen LogP contribution in [-0.2, 0) is 11.3 Å². The van der Waals surface area contributed by atoms with E-state index in [1.807, 2.05) is 24.3 Å². The molecule has 110 valence electrons. The van der Waals surface area contributed by atoms with Gasteiger partial charge >= 0.3 is 0 Å². The molecule has 0 bridgehead atoms. The van der Waals surface area contributed by atoms with Crippen LogP contribution in [0, 0.1) is 0 Å². The standard InChI is InChI=1S/C15H18N4O2/c20-15(13-9-16-17-10-13)18-14-3-1-12(2-4-14)11-19-5-7-21-8-6-19/h1-4,9-10H,5-8,11H2,(H,16,17)(H,18,20). The first-order valence-electron chi connectivity index (χ1n) is 7.00. The number of carbonyl (C=O) groups is 1. The molecule has 0 saturated carbocycles. The second-order valence-electron chi connectivity index (χ2n) is 5.03. The van der Waals surface area contributed by atoms with E-state index in [1.165, 1.54) is 11.8 Å². The number of benzene rings is 1. The molecule has 0 aliphatic carbocycles. The van der Waals surface area contributed by atoms with Crippen LogP contribution in [-0.4, -0.2) is 47.3 Å². The Kier molecular flexibility index (Phi) is 4.28. The highest BCUT2D eigenvalue weighted by Gasteiger charge is 2.11. The molecule has 1 amide bonds. The fourth-order valence-corrected chi connectivity index (χ4v) is 2.29. The molecule has 2 heterocycles. The molecule has 0 radical (unpaired) electrons. The maximum Gasteiger partial charge on any atom is 0.258 e. The third-order valence-corrected chi connectivity index (χ3v) is 3.48. The van der Waals surface area contributed by atoms with Gasteiger partial charge in [0.2, 0.25) is 0 Å². The van der Waals surface area contributed by atoms with Gasteiger partial charge in [0.25, 0.3) is 5.91 Å². The van der Waals surface area contributed by atoms with Crippen LogP contribution in [0.25, 0.3) is 0 Å². The number of carbonyl (C=O) groups excluding carboxylic acids is 1. The summed E-state index contributed by atoms with van der Waals surface area (Å²) in [5.41, 5.74) is 2.54. The Labute approximate surface area is 123 Å². The van der Waals surface area contributed by atoms with Gasteiger partial charge in [0, 0.05) is 31.5 Å². The van der Waals surface area contributed by atoms with Crippen molar-refractivity contribution in [3.8, 4) is 0 Å². The Morgan fingerprint density at radius 1 is 1.29 bits per heavy atom. The zero-order valence-corrected chi connectivity index (χ0v) is 11.7. The van der Waals surface area contributed by atoms with Crippen LogP contribution >= 0.6 is 0 Å². The number of aromatic amines is 1. The fraction of sp³-hybridized carbons (Fsp3) is 0.333. The Hall–Kier alpha value is -2.18. The first kappa shape index (κ1) is 13.8. The number of rotatable bonds is 4. The molecule has 3 rings (SSSR count). The summed E-state index contributed by atoms with van der Waals surface area (Å²) in [5, 5.41) is 9.23. The van der Waals surface area contributed by atoms with E-state index in [-0.39, 0.29) is 5.91 Å². The summed E-state index contributed by atoms with van der Waals surface area (Å²) in [6, 6.07) is 7.93. The highest BCUT2D eigenvalue weighted by molar-refractivity contribution is 6.03. The number of ether oxygens (including phenoxy) is 1. The number of amides is 1. The van der Waals surface area contributed by atoms with Gasteiger partial charge in [-0.2, -0.15) is 5.10 Å². The number of H-pyrrole nitrogens is 1. The molecular weight excluding hydrogens is 268 g/mol. The monoisotopic (exact) mass is 286 g/mol. The first-order chi connectivity index (χ1) is 10.3. The van der Waals surface area contributed by atoms with Crippen LogP contribution < -0.4 is 5.32 Å². The Bertz CT molecular complexity index is 574. The van der Waals surface area contributed by atoms with Gasteiger partial charge in [-0.1, -0.05) is 12.1 Å². The topological polar surface area (TPSA) is 70.2 Å². The molecule has 1 aromatic carbocycles. The maximum absolute atomic E-state index is 11.9. The van der Waals surface area contributed by atoms with E-state index in [1.54, 1.807) is 6.20 Å². The highest BCUT2D eigenvalue weighted by Crippen LogP contribution is 2.13. The van der Waals surface area contributed by atoms with E-state index in [4.69, 9.17) is 4.74 Å². The number of anilines is 1. The predicted molar refractivity (Wildman–Crippen MR) is 79.1 cm³/mol. The summed E-state index contributed by atoms with van der Waals surface area (Å²) in [4.78, 5) is 14.2. The van der Waals surface area contributed by atoms with Gasteiger partial charge in [-0.3, -0.25) is 14.8 Å². The second kappa shape index (κ2) is 6.51. The average molecular weight is 286 g/mol. The van der Waals surface area contributed by atoms with Gasteiger partial charge < -0.3 is 10.1 Å². The van der Waals surface area contributed by atoms with Crippen molar-refractivity contribution in [2.75, 3.05) is 31.6 Å². The summed E-state index contributed by atoms with van der Waals surface area (Å²) in [6.45, 7) is 4.47. The van der Waals surface area contributed by atoms with E-state index in [9.17, 15) is 4.79 Å². The highest BCUT2D eigenvalue weighted by atomic mass is 16.5. The number of nitrogens with zero attached hydrogens (tertiary/aromatic N) is 2. The lowest BCUT2D eigenvalue weighted by atomic mass is 10.2. The number of hydrogen-bond donors (Lipinski definition) is 2. The van der Waals surface area contributed by atoms with Crippen LogP contribution in [0.3, 0.4) is 0 Å². The molecule has 0 unspecified atom stereocenters. The maximum atomic E-state index is 11.9. The van der Waals surface area contributed by atoms with E-state index in [2.05, 4.69) is 20.4 Å². The molecule has 2 N–H and O–H groups in total. The van der Waals surface area contributed by atoms with Crippen molar-refractivity contribution in [3.05, 3.63) is 47.8 Å². The van der Waals surface area contributed by atoms with Gasteiger partial charge in [-0.25, -0.2) is 0 Å². The van der Waals surface area contributed by atoms with Crippen molar-refractivity contribution in [2.24, 2.45) is 0 Å². The molecule has 2 aromatic rings. The van der Waals surface area contributed by atoms with Gasteiger partial charge in [-0.15, -0.1) is 0 Å². The number of morpholine rings is 1. The summed E-state index contributed by atoms with van der Waals surface area (Å²) in [7, 11) is 0. The van der Waals surface area contributed by atoms with E-state index >= 15 is 0 Å². The van der Waals surface area contributed by atoms with Crippen LogP contribution in [0.4, 0.5) is 5.69 Å². The minimum atomic E-state index is -0.162. The van der Waals surface area contributed by atoms with Crippen LogP contribution in [0.5, 0.6) is 0 Å². The van der Waals surface area contributed by atoms with E-state index in [0.29, 0.717) is 5.56 Å². The molecule has 6 nitrogen and oxygen atoms in total. The van der Waals surface area contributed by atoms with Crippen LogP contribution in [0.2, 0.25) is 0 Å². The predicted octanol–water partition coefficient (Wildman–Crippen LogP) is 1.49. The normalized spacial score (nSPS) is 15.8. The Morgan fingerprint density at radius 2 is 2.05 bits per heavy atom. The second-order valence-corrected chi connectivity index (χ2v) is 5.03. The summed E-state index contributed by atoms with van der Waals surface area (Å²) in [5.74, 6) is -0.162. The van der Waals surface area contributed by atoms with Gasteiger partial charge in [0.05, 0.1) is 25.0 Å². The number of nitrogens with one attached hydrogen (secondary N) is 2. The van der Waals surface area contributed by atoms with Gasteiger partial charge in [-0.05, 0) is 17.7 Å². The molecule has 6 heteroatoms. The number of aromatic nitrogens is 2. The van der Waals surface area contributed by atoms with Crippen molar-refractivity contribution in [3.63, 3.8) is 0 Å². The summed E-state index contributed by atoms with van der Waals surface area (Å²) >= 11 is 0. The molecule has 0 spiro atoms. The largest absolute Gasteiger partial charge is 0.379 e. The van der Waals surface area contributed by atoms with Crippen molar-refractivity contribution in [1.29, 1.82) is 0 Å². The molecule has 1 aromatic heterocycles. The molecular formula is C15H18N4O2. The minimum absolute atomic E-state index is 0.162. The van der Waals surface area contributed by atoms with Gasteiger partial charge in [0.15, 0.2) is 0 Å². The fourth-order valence-electron chi connectivity index (χ4n) is 2.29. The molecule has 1 fully saturated rings. The van der Waals surface area contributed by atoms with Crippen molar-refractivity contribution >= 4 is 11.6 Å². The van der Waals surface area contributed by atoms with E-state index < -0.39 is 0 Å². The van der Waals surface area contributed by atoms with Crippen molar-refractivity contribution < 1.29 is 9.53 Å². The van der Waals surface area contributed by atoms with Crippen LogP contribution in [0.1, 0.15) is 15.9 Å². The van der Waals surface area contributed by atoms with Crippen LogP contribution in [0.15, 0.2) is 36.7 Å². The first-order valence-corrected chi connectivity index (χ1v) is 7.00. The summed E-state index contributed by atoms with van der Waals surface area (Å²) < 4.78 is 5.34. The molecule has 1 aliphatic heterocycles. The zero-order valence-electron chi connectivity index (χ0n) is 11.7. The third-order valence-electron chi connectivity index (χ3n) is 3.48. The molecule has 1 aliphatic rings. The van der Waals surface area contributed by atoms with Crippen molar-refractivity contribution in [2.45, 2.75) is 6.54 Å². The Morgan fingerprint density at radius 3 is 2.71 bits per heavy atom. The quantitative estimate of drug-likeness (QED) is 0.893. The third kappa shape index (κ3) is 3.68. The smallest absolute Gasteiger partial charge is 0.258 e. The lowest BCUT2D eigenvalue weighted by Gasteiger charge is -2.26. The Balaban J connectivity index is 1.57. The zero-order chi connectivity index (χ0) is 14.5.